The number of aryl methyl sites for hydroxylation is 2. The summed E-state index contributed by atoms with van der Waals surface area (Å²) in [7, 11) is 1.68. The van der Waals surface area contributed by atoms with Crippen molar-refractivity contribution in [1.29, 1.82) is 0 Å². The number of rotatable bonds is 6. The van der Waals surface area contributed by atoms with Crippen LogP contribution in [0.25, 0.3) is 10.9 Å². The molecule has 0 unspecified atom stereocenters. The van der Waals surface area contributed by atoms with Crippen LogP contribution in [0.15, 0.2) is 36.4 Å². The van der Waals surface area contributed by atoms with Crippen LogP contribution in [0.5, 0.6) is 5.75 Å². The Bertz CT molecular complexity index is 1140. The number of anilines is 1. The summed E-state index contributed by atoms with van der Waals surface area (Å²) in [6, 6.07) is 12.7. The predicted molar refractivity (Wildman–Crippen MR) is 126 cm³/mol. The van der Waals surface area contributed by atoms with E-state index in [-0.39, 0.29) is 17.9 Å². The summed E-state index contributed by atoms with van der Waals surface area (Å²) < 4.78 is 5.73. The number of aliphatic carboxylic acids is 1. The van der Waals surface area contributed by atoms with Gasteiger partial charge in [-0.05, 0) is 69.6 Å². The molecule has 0 radical (unpaired) electrons. The summed E-state index contributed by atoms with van der Waals surface area (Å²) >= 11 is 0. The van der Waals surface area contributed by atoms with Gasteiger partial charge in [-0.2, -0.15) is 0 Å². The number of carboxylic acid groups (broad SMARTS) is 1. The van der Waals surface area contributed by atoms with Gasteiger partial charge in [0.1, 0.15) is 17.4 Å². The maximum atomic E-state index is 11.4. The van der Waals surface area contributed by atoms with Gasteiger partial charge in [0.15, 0.2) is 0 Å². The lowest BCUT2D eigenvalue weighted by Gasteiger charge is -2.28. The van der Waals surface area contributed by atoms with Gasteiger partial charge in [0.05, 0.1) is 18.5 Å². The van der Waals surface area contributed by atoms with Crippen molar-refractivity contribution in [2.24, 2.45) is 5.92 Å². The number of ether oxygens (including phenoxy) is 1. The second-order valence-corrected chi connectivity index (χ2v) is 8.90. The van der Waals surface area contributed by atoms with E-state index >= 15 is 0 Å². The average Bonchev–Trinajstić information content (AvgIpc) is 2.78. The van der Waals surface area contributed by atoms with Crippen LogP contribution in [0.1, 0.15) is 67.1 Å². The van der Waals surface area contributed by atoms with E-state index < -0.39 is 5.97 Å². The standard InChI is InChI=1S/C26H31N3O3/c1-15-6-5-7-20(12-15)16(2)27-25-22-13-21(18-8-10-19(11-9-18)26(30)31)24(32-4)14-23(22)28-17(3)29-25/h5-7,12-14,16,18-19H,8-11H2,1-4H3,(H,30,31)(H,27,28,29)/t16-,18?,19?/m1/s1. The van der Waals surface area contributed by atoms with Crippen LogP contribution < -0.4 is 10.1 Å². The summed E-state index contributed by atoms with van der Waals surface area (Å²) in [5.74, 6) is 1.67. The fourth-order valence-electron chi connectivity index (χ4n) is 4.77. The first-order chi connectivity index (χ1) is 15.4. The largest absolute Gasteiger partial charge is 0.496 e. The van der Waals surface area contributed by atoms with Crippen molar-refractivity contribution < 1.29 is 14.6 Å². The maximum Gasteiger partial charge on any atom is 0.306 e. The van der Waals surface area contributed by atoms with Crippen LogP contribution in [0, 0.1) is 19.8 Å². The molecule has 1 aliphatic rings. The molecular formula is C26H31N3O3. The lowest BCUT2D eigenvalue weighted by Crippen LogP contribution is -2.20. The Labute approximate surface area is 189 Å². The molecule has 0 aliphatic heterocycles. The minimum atomic E-state index is -0.686. The number of methoxy groups -OCH3 is 1. The molecule has 0 bridgehead atoms. The van der Waals surface area contributed by atoms with E-state index in [1.54, 1.807) is 7.11 Å². The second kappa shape index (κ2) is 9.15. The number of nitrogens with zero attached hydrogens (tertiary/aromatic N) is 2. The van der Waals surface area contributed by atoms with E-state index in [9.17, 15) is 9.90 Å². The molecule has 1 aromatic heterocycles. The third kappa shape index (κ3) is 4.54. The van der Waals surface area contributed by atoms with Crippen molar-refractivity contribution in [3.63, 3.8) is 0 Å². The Morgan fingerprint density at radius 3 is 2.53 bits per heavy atom. The summed E-state index contributed by atoms with van der Waals surface area (Å²) in [5.41, 5.74) is 4.39. The second-order valence-electron chi connectivity index (χ2n) is 8.90. The molecule has 2 N–H and O–H groups in total. The van der Waals surface area contributed by atoms with Crippen LogP contribution >= 0.6 is 0 Å². The molecule has 6 heteroatoms. The molecule has 0 saturated heterocycles. The predicted octanol–water partition coefficient (Wildman–Crippen LogP) is 5.79. The number of fused-ring (bicyclic) bond motifs is 1. The highest BCUT2D eigenvalue weighted by Gasteiger charge is 2.29. The number of benzene rings is 2. The zero-order valence-electron chi connectivity index (χ0n) is 19.2. The molecule has 0 amide bonds. The van der Waals surface area contributed by atoms with Gasteiger partial charge >= 0.3 is 5.97 Å². The van der Waals surface area contributed by atoms with Crippen LogP contribution in [-0.4, -0.2) is 28.2 Å². The molecular weight excluding hydrogens is 402 g/mol. The van der Waals surface area contributed by atoms with Gasteiger partial charge < -0.3 is 15.2 Å². The number of nitrogens with one attached hydrogen (secondary N) is 1. The minimum absolute atomic E-state index is 0.0870. The molecule has 1 saturated carbocycles. The highest BCUT2D eigenvalue weighted by Crippen LogP contribution is 2.42. The minimum Gasteiger partial charge on any atom is -0.496 e. The molecule has 32 heavy (non-hydrogen) atoms. The first-order valence-corrected chi connectivity index (χ1v) is 11.3. The van der Waals surface area contributed by atoms with Crippen molar-refractivity contribution in [2.45, 2.75) is 58.4 Å². The molecule has 2 aromatic carbocycles. The Morgan fingerprint density at radius 1 is 1.12 bits per heavy atom. The Balaban J connectivity index is 1.70. The number of carboxylic acids is 1. The molecule has 1 aliphatic carbocycles. The normalized spacial score (nSPS) is 19.5. The third-order valence-corrected chi connectivity index (χ3v) is 6.57. The zero-order chi connectivity index (χ0) is 22.8. The lowest BCUT2D eigenvalue weighted by molar-refractivity contribution is -0.142. The highest BCUT2D eigenvalue weighted by molar-refractivity contribution is 5.91. The van der Waals surface area contributed by atoms with Gasteiger partial charge in [0.2, 0.25) is 0 Å². The molecule has 1 atom stereocenters. The van der Waals surface area contributed by atoms with Crippen molar-refractivity contribution in [2.75, 3.05) is 12.4 Å². The monoisotopic (exact) mass is 433 g/mol. The molecule has 0 spiro atoms. The van der Waals surface area contributed by atoms with E-state index in [0.717, 1.165) is 40.9 Å². The lowest BCUT2D eigenvalue weighted by atomic mass is 9.78. The van der Waals surface area contributed by atoms with Gasteiger partial charge in [0, 0.05) is 17.5 Å². The van der Waals surface area contributed by atoms with Gasteiger partial charge in [-0.25, -0.2) is 9.97 Å². The SMILES string of the molecule is COc1cc2nc(C)nc(N[C@H](C)c3cccc(C)c3)c2cc1C1CCC(C(=O)O)CC1. The van der Waals surface area contributed by atoms with E-state index in [1.165, 1.54) is 11.1 Å². The summed E-state index contributed by atoms with van der Waals surface area (Å²) in [4.78, 5) is 20.7. The quantitative estimate of drug-likeness (QED) is 0.512. The first kappa shape index (κ1) is 22.1. The van der Waals surface area contributed by atoms with Gasteiger partial charge in [-0.3, -0.25) is 4.79 Å². The summed E-state index contributed by atoms with van der Waals surface area (Å²) in [6.07, 6.45) is 3.07. The molecule has 1 fully saturated rings. The van der Waals surface area contributed by atoms with E-state index in [4.69, 9.17) is 9.72 Å². The van der Waals surface area contributed by atoms with Crippen molar-refractivity contribution in [1.82, 2.24) is 9.97 Å². The van der Waals surface area contributed by atoms with Gasteiger partial charge in [-0.15, -0.1) is 0 Å². The topological polar surface area (TPSA) is 84.3 Å². The first-order valence-electron chi connectivity index (χ1n) is 11.3. The van der Waals surface area contributed by atoms with Crippen molar-refractivity contribution in [3.05, 3.63) is 58.9 Å². The van der Waals surface area contributed by atoms with Crippen molar-refractivity contribution in [3.8, 4) is 5.75 Å². The number of hydrogen-bond donors (Lipinski definition) is 2. The molecule has 168 valence electrons. The van der Waals surface area contributed by atoms with Crippen LogP contribution in [0.2, 0.25) is 0 Å². The van der Waals surface area contributed by atoms with Crippen LogP contribution in [-0.2, 0) is 4.79 Å². The Hall–Kier alpha value is -3.15. The Morgan fingerprint density at radius 2 is 1.88 bits per heavy atom. The summed E-state index contributed by atoms with van der Waals surface area (Å²) in [5, 5.41) is 13.9. The van der Waals surface area contributed by atoms with Crippen LogP contribution in [0.4, 0.5) is 5.82 Å². The molecule has 4 rings (SSSR count). The number of aromatic nitrogens is 2. The molecule has 6 nitrogen and oxygen atoms in total. The fraction of sp³-hybridized carbons (Fsp3) is 0.423. The fourth-order valence-corrected chi connectivity index (χ4v) is 4.77. The van der Waals surface area contributed by atoms with E-state index in [2.05, 4.69) is 54.5 Å². The zero-order valence-corrected chi connectivity index (χ0v) is 19.2. The number of hydrogen-bond acceptors (Lipinski definition) is 5. The van der Waals surface area contributed by atoms with Crippen molar-refractivity contribution >= 4 is 22.7 Å². The Kier molecular flexibility index (Phi) is 6.31. The van der Waals surface area contributed by atoms with Gasteiger partial charge in [-0.1, -0.05) is 29.8 Å². The van der Waals surface area contributed by atoms with Crippen LogP contribution in [0.3, 0.4) is 0 Å². The van der Waals surface area contributed by atoms with Gasteiger partial charge in [0.25, 0.3) is 0 Å². The average molecular weight is 434 g/mol. The third-order valence-electron chi connectivity index (χ3n) is 6.57. The highest BCUT2D eigenvalue weighted by atomic mass is 16.5. The smallest absolute Gasteiger partial charge is 0.306 e. The molecule has 1 heterocycles. The molecule has 3 aromatic rings. The maximum absolute atomic E-state index is 11.4. The van der Waals surface area contributed by atoms with E-state index in [0.29, 0.717) is 18.7 Å². The van der Waals surface area contributed by atoms with E-state index in [1.807, 2.05) is 13.0 Å². The summed E-state index contributed by atoms with van der Waals surface area (Å²) in [6.45, 7) is 6.13. The number of carbonyl (C=O) groups is 1.